The maximum atomic E-state index is 12.3. The molecule has 1 N–H and O–H groups in total. The minimum Gasteiger partial charge on any atom is -0.483 e. The molecule has 0 aliphatic rings. The Balaban J connectivity index is 1.73. The number of thiazole rings is 1. The molecule has 138 valence electrons. The topological polar surface area (TPSA) is 68.3 Å². The van der Waals surface area contributed by atoms with Gasteiger partial charge in [-0.15, -0.1) is 0 Å². The quantitative estimate of drug-likeness (QED) is 0.632. The first-order valence-electron chi connectivity index (χ1n) is 8.51. The number of hydrogen-bond donors (Lipinski definition) is 1. The lowest BCUT2D eigenvalue weighted by Crippen LogP contribution is -2.20. The van der Waals surface area contributed by atoms with Crippen molar-refractivity contribution >= 4 is 28.2 Å². The fourth-order valence-electron chi connectivity index (χ4n) is 2.58. The second kappa shape index (κ2) is 8.14. The van der Waals surface area contributed by atoms with E-state index in [1.54, 1.807) is 0 Å². The third-order valence-electron chi connectivity index (χ3n) is 4.15. The average molecular weight is 380 g/mol. The van der Waals surface area contributed by atoms with Crippen molar-refractivity contribution < 1.29 is 14.3 Å². The minimum absolute atomic E-state index is 0.0847. The number of aromatic nitrogens is 1. The Morgan fingerprint density at radius 3 is 2.52 bits per heavy atom. The van der Waals surface area contributed by atoms with E-state index in [-0.39, 0.29) is 18.3 Å². The highest BCUT2D eigenvalue weighted by Gasteiger charge is 2.18. The van der Waals surface area contributed by atoms with Gasteiger partial charge in [0.05, 0.1) is 10.6 Å². The number of hydrogen-bond acceptors (Lipinski definition) is 5. The van der Waals surface area contributed by atoms with Crippen LogP contribution in [-0.4, -0.2) is 23.3 Å². The first kappa shape index (κ1) is 18.8. The SMILES string of the molecule is CC(=O)c1sc(NC(=O)COc2cccc(C)c2C)nc1-c1ccccc1. The highest BCUT2D eigenvalue weighted by atomic mass is 32.1. The molecule has 0 bridgehead atoms. The monoisotopic (exact) mass is 380 g/mol. The highest BCUT2D eigenvalue weighted by molar-refractivity contribution is 7.18. The molecule has 27 heavy (non-hydrogen) atoms. The summed E-state index contributed by atoms with van der Waals surface area (Å²) in [6.45, 7) is 5.32. The molecule has 1 aromatic heterocycles. The van der Waals surface area contributed by atoms with E-state index in [1.165, 1.54) is 18.3 Å². The van der Waals surface area contributed by atoms with Crippen LogP contribution in [0, 0.1) is 13.8 Å². The van der Waals surface area contributed by atoms with Crippen molar-refractivity contribution in [1.29, 1.82) is 0 Å². The summed E-state index contributed by atoms with van der Waals surface area (Å²) in [5.74, 6) is 0.275. The summed E-state index contributed by atoms with van der Waals surface area (Å²) in [6, 6.07) is 15.2. The fourth-order valence-corrected chi connectivity index (χ4v) is 3.48. The van der Waals surface area contributed by atoms with E-state index in [0.717, 1.165) is 16.7 Å². The molecular formula is C21H20N2O3S. The summed E-state index contributed by atoms with van der Waals surface area (Å²) in [7, 11) is 0. The Kier molecular flexibility index (Phi) is 5.66. The van der Waals surface area contributed by atoms with Gasteiger partial charge in [-0.05, 0) is 31.0 Å². The van der Waals surface area contributed by atoms with Crippen LogP contribution in [0.25, 0.3) is 11.3 Å². The van der Waals surface area contributed by atoms with Crippen molar-refractivity contribution in [2.75, 3.05) is 11.9 Å². The number of ether oxygens (including phenoxy) is 1. The van der Waals surface area contributed by atoms with E-state index in [4.69, 9.17) is 4.74 Å². The molecule has 3 aromatic rings. The van der Waals surface area contributed by atoms with Crippen LogP contribution in [0.5, 0.6) is 5.75 Å². The van der Waals surface area contributed by atoms with Gasteiger partial charge < -0.3 is 4.74 Å². The summed E-state index contributed by atoms with van der Waals surface area (Å²) < 4.78 is 5.62. The van der Waals surface area contributed by atoms with Gasteiger partial charge in [0.1, 0.15) is 5.75 Å². The molecule has 0 unspecified atom stereocenters. The molecule has 1 amide bonds. The van der Waals surface area contributed by atoms with Gasteiger partial charge in [-0.25, -0.2) is 4.98 Å². The van der Waals surface area contributed by atoms with Crippen LogP contribution >= 0.6 is 11.3 Å². The van der Waals surface area contributed by atoms with Crippen molar-refractivity contribution in [2.24, 2.45) is 0 Å². The molecule has 0 saturated heterocycles. The first-order chi connectivity index (χ1) is 13.0. The number of carbonyl (C=O) groups is 2. The molecule has 0 atom stereocenters. The van der Waals surface area contributed by atoms with Gasteiger partial charge in [0.2, 0.25) is 0 Å². The smallest absolute Gasteiger partial charge is 0.264 e. The Hall–Kier alpha value is -2.99. The zero-order valence-electron chi connectivity index (χ0n) is 15.4. The van der Waals surface area contributed by atoms with Crippen molar-refractivity contribution in [3.8, 4) is 17.0 Å². The van der Waals surface area contributed by atoms with Gasteiger partial charge in [0.15, 0.2) is 17.5 Å². The standard InChI is InChI=1S/C21H20N2O3S/c1-13-8-7-11-17(14(13)2)26-12-18(25)22-21-23-19(20(27-21)15(3)24)16-9-5-4-6-10-16/h4-11H,12H2,1-3H3,(H,22,23,25). The van der Waals surface area contributed by atoms with Gasteiger partial charge >= 0.3 is 0 Å². The number of ketones is 1. The normalized spacial score (nSPS) is 10.5. The van der Waals surface area contributed by atoms with Crippen LogP contribution < -0.4 is 10.1 Å². The first-order valence-corrected chi connectivity index (χ1v) is 9.33. The molecule has 0 fully saturated rings. The Bertz CT molecular complexity index is 980. The predicted octanol–water partition coefficient (Wildman–Crippen LogP) is 4.65. The summed E-state index contributed by atoms with van der Waals surface area (Å²) in [6.07, 6.45) is 0. The van der Waals surface area contributed by atoms with Crippen LogP contribution in [-0.2, 0) is 4.79 Å². The number of amides is 1. The van der Waals surface area contributed by atoms with Gasteiger partial charge in [0, 0.05) is 12.5 Å². The number of aryl methyl sites for hydroxylation is 1. The lowest BCUT2D eigenvalue weighted by atomic mass is 10.1. The zero-order valence-corrected chi connectivity index (χ0v) is 16.2. The second-order valence-electron chi connectivity index (χ2n) is 6.15. The van der Waals surface area contributed by atoms with Crippen molar-refractivity contribution in [3.05, 3.63) is 64.5 Å². The van der Waals surface area contributed by atoms with Crippen LogP contribution in [0.1, 0.15) is 27.7 Å². The number of nitrogens with one attached hydrogen (secondary N) is 1. The Morgan fingerprint density at radius 1 is 1.07 bits per heavy atom. The van der Waals surface area contributed by atoms with Gasteiger partial charge in [-0.3, -0.25) is 14.9 Å². The molecule has 0 radical (unpaired) electrons. The molecule has 0 aliphatic carbocycles. The summed E-state index contributed by atoms with van der Waals surface area (Å²) in [5.41, 5.74) is 3.53. The molecule has 6 heteroatoms. The lowest BCUT2D eigenvalue weighted by Gasteiger charge is -2.10. The molecule has 0 saturated carbocycles. The number of benzene rings is 2. The number of anilines is 1. The summed E-state index contributed by atoms with van der Waals surface area (Å²) >= 11 is 1.17. The zero-order chi connectivity index (χ0) is 19.4. The summed E-state index contributed by atoms with van der Waals surface area (Å²) in [5, 5.41) is 3.11. The van der Waals surface area contributed by atoms with Crippen molar-refractivity contribution in [3.63, 3.8) is 0 Å². The Labute approximate surface area is 162 Å². The van der Waals surface area contributed by atoms with Crippen LogP contribution in [0.3, 0.4) is 0 Å². The molecule has 0 spiro atoms. The van der Waals surface area contributed by atoms with E-state index in [2.05, 4.69) is 10.3 Å². The lowest BCUT2D eigenvalue weighted by molar-refractivity contribution is -0.118. The van der Waals surface area contributed by atoms with E-state index < -0.39 is 0 Å². The summed E-state index contributed by atoms with van der Waals surface area (Å²) in [4.78, 5) is 29.2. The average Bonchev–Trinajstić information content (AvgIpc) is 3.08. The van der Waals surface area contributed by atoms with E-state index in [1.807, 2.05) is 62.4 Å². The van der Waals surface area contributed by atoms with Crippen molar-refractivity contribution in [2.45, 2.75) is 20.8 Å². The maximum Gasteiger partial charge on any atom is 0.264 e. The minimum atomic E-state index is -0.320. The van der Waals surface area contributed by atoms with Crippen LogP contribution in [0.4, 0.5) is 5.13 Å². The van der Waals surface area contributed by atoms with Crippen LogP contribution in [0.15, 0.2) is 48.5 Å². The maximum absolute atomic E-state index is 12.3. The highest BCUT2D eigenvalue weighted by Crippen LogP contribution is 2.31. The van der Waals surface area contributed by atoms with Gasteiger partial charge in [-0.1, -0.05) is 53.8 Å². The second-order valence-corrected chi connectivity index (χ2v) is 7.15. The number of carbonyl (C=O) groups excluding carboxylic acids is 2. The molecular weight excluding hydrogens is 360 g/mol. The molecule has 0 aliphatic heterocycles. The third-order valence-corrected chi connectivity index (χ3v) is 5.23. The Morgan fingerprint density at radius 2 is 1.81 bits per heavy atom. The van der Waals surface area contributed by atoms with Crippen LogP contribution in [0.2, 0.25) is 0 Å². The fraction of sp³-hybridized carbons (Fsp3) is 0.190. The molecule has 3 rings (SSSR count). The van der Waals surface area contributed by atoms with Gasteiger partial charge in [-0.2, -0.15) is 0 Å². The molecule has 1 heterocycles. The number of nitrogens with zero attached hydrogens (tertiary/aromatic N) is 1. The van der Waals surface area contributed by atoms with E-state index in [9.17, 15) is 9.59 Å². The molecule has 5 nitrogen and oxygen atoms in total. The number of Topliss-reactive ketones (excluding diaryl/α,β-unsaturated/α-hetero) is 1. The van der Waals surface area contributed by atoms with E-state index in [0.29, 0.717) is 21.5 Å². The molecule has 2 aromatic carbocycles. The predicted molar refractivity (Wildman–Crippen MR) is 108 cm³/mol. The third kappa shape index (κ3) is 4.41. The van der Waals surface area contributed by atoms with Gasteiger partial charge in [0.25, 0.3) is 5.91 Å². The largest absolute Gasteiger partial charge is 0.483 e. The van der Waals surface area contributed by atoms with Crippen molar-refractivity contribution in [1.82, 2.24) is 4.98 Å². The number of rotatable bonds is 6. The van der Waals surface area contributed by atoms with E-state index >= 15 is 0 Å².